The predicted molar refractivity (Wildman–Crippen MR) is 104 cm³/mol. The van der Waals surface area contributed by atoms with Gasteiger partial charge in [-0.2, -0.15) is 10.2 Å². The molecule has 3 fully saturated rings. The number of carbonyl (C=O) groups excluding carboxylic acids is 1. The van der Waals surface area contributed by atoms with Crippen LogP contribution >= 0.6 is 0 Å². The van der Waals surface area contributed by atoms with Crippen LogP contribution < -0.4 is 4.90 Å². The van der Waals surface area contributed by atoms with Crippen LogP contribution in [-0.2, 0) is 11.8 Å². The lowest BCUT2D eigenvalue weighted by Crippen LogP contribution is -2.56. The number of piperazine rings is 1. The second-order valence-corrected chi connectivity index (χ2v) is 8.60. The molecule has 1 aliphatic carbocycles. The molecule has 10 heteroatoms. The third-order valence-electron chi connectivity index (χ3n) is 6.58. The lowest BCUT2D eigenvalue weighted by atomic mass is 10.1. The van der Waals surface area contributed by atoms with Gasteiger partial charge in [0.25, 0.3) is 5.92 Å². The highest BCUT2D eigenvalue weighted by Gasteiger charge is 2.64. The third kappa shape index (κ3) is 2.62. The molecule has 2 unspecified atom stereocenters. The summed E-state index contributed by atoms with van der Waals surface area (Å²) in [5.74, 6) is -3.51. The number of anilines is 1. The van der Waals surface area contributed by atoms with Gasteiger partial charge in [0.05, 0.1) is 6.20 Å². The maximum atomic E-state index is 13.5. The summed E-state index contributed by atoms with van der Waals surface area (Å²) in [6.45, 7) is 1.20. The van der Waals surface area contributed by atoms with Crippen molar-refractivity contribution in [2.75, 3.05) is 18.0 Å². The largest absolute Gasteiger partial charge is 0.351 e. The van der Waals surface area contributed by atoms with E-state index in [1.54, 1.807) is 20.3 Å². The maximum Gasteiger partial charge on any atom is 0.260 e. The van der Waals surface area contributed by atoms with Crippen molar-refractivity contribution in [3.8, 4) is 11.1 Å². The van der Waals surface area contributed by atoms with Gasteiger partial charge in [0.15, 0.2) is 5.82 Å². The average molecular weight is 413 g/mol. The molecule has 1 amide bonds. The first-order valence-electron chi connectivity index (χ1n) is 10.2. The van der Waals surface area contributed by atoms with Gasteiger partial charge in [-0.25, -0.2) is 18.3 Å². The van der Waals surface area contributed by atoms with E-state index in [0.29, 0.717) is 13.1 Å². The maximum absolute atomic E-state index is 13.5. The fourth-order valence-electron chi connectivity index (χ4n) is 4.99. The summed E-state index contributed by atoms with van der Waals surface area (Å²) in [6.07, 6.45) is 8.60. The van der Waals surface area contributed by atoms with Crippen LogP contribution in [0.2, 0.25) is 0 Å². The van der Waals surface area contributed by atoms with Crippen LogP contribution in [0, 0.1) is 5.92 Å². The number of aryl methyl sites for hydroxylation is 1. The molecule has 5 heterocycles. The Morgan fingerprint density at radius 1 is 1.13 bits per heavy atom. The van der Waals surface area contributed by atoms with Crippen LogP contribution in [0.25, 0.3) is 16.6 Å². The van der Waals surface area contributed by atoms with E-state index in [1.807, 2.05) is 25.5 Å². The van der Waals surface area contributed by atoms with Gasteiger partial charge in [0.1, 0.15) is 17.8 Å². The first kappa shape index (κ1) is 17.8. The zero-order valence-electron chi connectivity index (χ0n) is 16.4. The second kappa shape index (κ2) is 5.99. The first-order chi connectivity index (χ1) is 14.4. The number of hydrogen-bond acceptors (Lipinski definition) is 5. The number of alkyl halides is 2. The minimum Gasteiger partial charge on any atom is -0.351 e. The van der Waals surface area contributed by atoms with Crippen molar-refractivity contribution >= 4 is 17.2 Å². The van der Waals surface area contributed by atoms with E-state index in [0.717, 1.165) is 35.3 Å². The van der Waals surface area contributed by atoms with Crippen molar-refractivity contribution in [1.82, 2.24) is 29.3 Å². The Labute approximate surface area is 171 Å². The topological polar surface area (TPSA) is 71.6 Å². The van der Waals surface area contributed by atoms with E-state index in [1.165, 1.54) is 6.33 Å². The molecule has 3 atom stereocenters. The Morgan fingerprint density at radius 2 is 1.87 bits per heavy atom. The van der Waals surface area contributed by atoms with Gasteiger partial charge >= 0.3 is 0 Å². The Balaban J connectivity index is 1.29. The molecule has 0 spiro atoms. The number of fused-ring (bicyclic) bond motifs is 3. The number of rotatable bonds is 3. The van der Waals surface area contributed by atoms with Gasteiger partial charge in [-0.3, -0.25) is 9.48 Å². The van der Waals surface area contributed by atoms with Crippen LogP contribution in [0.5, 0.6) is 0 Å². The van der Waals surface area contributed by atoms with E-state index < -0.39 is 11.8 Å². The molecule has 2 bridgehead atoms. The summed E-state index contributed by atoms with van der Waals surface area (Å²) in [5, 5.41) is 8.57. The number of halogens is 2. The van der Waals surface area contributed by atoms with Gasteiger partial charge in [0, 0.05) is 62.2 Å². The molecule has 0 N–H and O–H groups in total. The summed E-state index contributed by atoms with van der Waals surface area (Å²) in [6, 6.07) is 1.95. The fourth-order valence-corrected chi connectivity index (χ4v) is 4.99. The minimum absolute atomic E-state index is 0.0459. The van der Waals surface area contributed by atoms with E-state index >= 15 is 0 Å². The minimum atomic E-state index is -2.82. The molecule has 3 aliphatic rings. The number of carbonyl (C=O) groups is 1. The number of hydrogen-bond donors (Lipinski definition) is 0. The summed E-state index contributed by atoms with van der Waals surface area (Å²) >= 11 is 0. The van der Waals surface area contributed by atoms with Crippen molar-refractivity contribution in [2.24, 2.45) is 13.0 Å². The van der Waals surface area contributed by atoms with Crippen molar-refractivity contribution in [2.45, 2.75) is 37.3 Å². The van der Waals surface area contributed by atoms with Crippen molar-refractivity contribution in [1.29, 1.82) is 0 Å². The molecule has 2 aliphatic heterocycles. The molecule has 156 valence electrons. The Hall–Kier alpha value is -3.04. The van der Waals surface area contributed by atoms with E-state index in [9.17, 15) is 13.6 Å². The zero-order valence-corrected chi connectivity index (χ0v) is 16.4. The zero-order chi connectivity index (χ0) is 20.6. The summed E-state index contributed by atoms with van der Waals surface area (Å²) in [4.78, 5) is 21.1. The van der Waals surface area contributed by atoms with E-state index in [-0.39, 0.29) is 24.4 Å². The van der Waals surface area contributed by atoms with Crippen LogP contribution in [0.15, 0.2) is 31.0 Å². The van der Waals surface area contributed by atoms with Crippen LogP contribution in [0.4, 0.5) is 14.6 Å². The van der Waals surface area contributed by atoms with E-state index in [4.69, 9.17) is 0 Å². The lowest BCUT2D eigenvalue weighted by molar-refractivity contribution is -0.138. The molecule has 6 rings (SSSR count). The van der Waals surface area contributed by atoms with Gasteiger partial charge < -0.3 is 9.80 Å². The Bertz CT molecular complexity index is 1140. The normalized spacial score (nSPS) is 27.1. The van der Waals surface area contributed by atoms with Gasteiger partial charge in [-0.1, -0.05) is 0 Å². The number of amides is 1. The SMILES string of the molecule is Cn1cc(-c2cc3c(N4CC5CCC(C4)N5C(=O)[C@@H]4CC4(F)F)ncnn3c2)cn1. The predicted octanol–water partition coefficient (Wildman–Crippen LogP) is 1.96. The molecule has 3 aromatic heterocycles. The van der Waals surface area contributed by atoms with Crippen LogP contribution in [-0.4, -0.2) is 66.3 Å². The number of nitrogens with zero attached hydrogens (tertiary/aromatic N) is 7. The molecule has 0 aromatic carbocycles. The molecule has 3 aromatic rings. The van der Waals surface area contributed by atoms with Gasteiger partial charge in [-0.05, 0) is 18.9 Å². The fraction of sp³-hybridized carbons (Fsp3) is 0.500. The molecular formula is C20H21F2N7O. The summed E-state index contributed by atoms with van der Waals surface area (Å²) < 4.78 is 30.5. The summed E-state index contributed by atoms with van der Waals surface area (Å²) in [5.41, 5.74) is 2.87. The van der Waals surface area contributed by atoms with Crippen molar-refractivity contribution in [3.05, 3.63) is 31.0 Å². The number of aromatic nitrogens is 5. The van der Waals surface area contributed by atoms with Crippen molar-refractivity contribution in [3.63, 3.8) is 0 Å². The standard InChI is InChI=1S/C20H21F2N7O/c1-26-7-13(6-24-26)12-4-17-18(23-11-25-28(17)8-12)27-9-14-2-3-15(10-27)29(14)19(30)16-5-20(16,21)22/h4,6-8,11,14-16H,2-3,5,9-10H2,1H3/t14?,15?,16-/m0/s1. The Morgan fingerprint density at radius 3 is 2.50 bits per heavy atom. The second-order valence-electron chi connectivity index (χ2n) is 8.60. The highest BCUT2D eigenvalue weighted by atomic mass is 19.3. The quantitative estimate of drug-likeness (QED) is 0.657. The van der Waals surface area contributed by atoms with Crippen molar-refractivity contribution < 1.29 is 13.6 Å². The smallest absolute Gasteiger partial charge is 0.260 e. The first-order valence-corrected chi connectivity index (χ1v) is 10.2. The van der Waals surface area contributed by atoms with Crippen LogP contribution in [0.1, 0.15) is 19.3 Å². The lowest BCUT2D eigenvalue weighted by Gasteiger charge is -2.41. The molecule has 2 saturated heterocycles. The molecule has 1 saturated carbocycles. The summed E-state index contributed by atoms with van der Waals surface area (Å²) in [7, 11) is 1.87. The molecule has 8 nitrogen and oxygen atoms in total. The third-order valence-corrected chi connectivity index (χ3v) is 6.58. The molecule has 30 heavy (non-hydrogen) atoms. The van der Waals surface area contributed by atoms with Crippen LogP contribution in [0.3, 0.4) is 0 Å². The van der Waals surface area contributed by atoms with Gasteiger partial charge in [-0.15, -0.1) is 0 Å². The van der Waals surface area contributed by atoms with E-state index in [2.05, 4.69) is 20.1 Å². The monoisotopic (exact) mass is 413 g/mol. The molecular weight excluding hydrogens is 392 g/mol. The highest BCUT2D eigenvalue weighted by molar-refractivity contribution is 5.84. The average Bonchev–Trinajstić information content (AvgIpc) is 3.09. The van der Waals surface area contributed by atoms with Gasteiger partial charge in [0.2, 0.25) is 5.91 Å². The Kier molecular flexibility index (Phi) is 3.55. The highest BCUT2D eigenvalue weighted by Crippen LogP contribution is 2.51. The molecule has 0 radical (unpaired) electrons.